The van der Waals surface area contributed by atoms with E-state index in [0.29, 0.717) is 0 Å². The summed E-state index contributed by atoms with van der Waals surface area (Å²) in [6.45, 7) is 2.00. The van der Waals surface area contributed by atoms with Crippen LogP contribution in [0.3, 0.4) is 0 Å². The first-order valence-electron chi connectivity index (χ1n) is 4.67. The maximum atomic E-state index is 5.37. The first-order valence-corrected chi connectivity index (χ1v) is 6.61. The first-order chi connectivity index (χ1) is 6.65. The quantitative estimate of drug-likeness (QED) is 0.502. The SMILES string of the molecule is CO[Si](CC1=CCN(C)C1)(OC)OC. The van der Waals surface area contributed by atoms with Crippen molar-refractivity contribution < 1.29 is 13.3 Å². The van der Waals surface area contributed by atoms with Gasteiger partial charge in [0.2, 0.25) is 0 Å². The van der Waals surface area contributed by atoms with E-state index in [1.807, 2.05) is 0 Å². The van der Waals surface area contributed by atoms with Crippen molar-refractivity contribution in [2.24, 2.45) is 0 Å². The molecule has 1 rings (SSSR count). The zero-order chi connectivity index (χ0) is 10.6. The summed E-state index contributed by atoms with van der Waals surface area (Å²) >= 11 is 0. The van der Waals surface area contributed by atoms with Crippen molar-refractivity contribution >= 4 is 8.80 Å². The summed E-state index contributed by atoms with van der Waals surface area (Å²) in [6, 6.07) is 0.792. The molecule has 0 saturated carbocycles. The van der Waals surface area contributed by atoms with Gasteiger partial charge in [-0.05, 0) is 7.05 Å². The van der Waals surface area contributed by atoms with Crippen LogP contribution in [0.25, 0.3) is 0 Å². The minimum absolute atomic E-state index is 0.792. The van der Waals surface area contributed by atoms with Gasteiger partial charge in [0.25, 0.3) is 0 Å². The molecule has 0 saturated heterocycles. The van der Waals surface area contributed by atoms with E-state index < -0.39 is 8.80 Å². The fourth-order valence-electron chi connectivity index (χ4n) is 1.63. The van der Waals surface area contributed by atoms with Gasteiger partial charge in [0.1, 0.15) is 0 Å². The Bertz CT molecular complexity index is 208. The van der Waals surface area contributed by atoms with Crippen LogP contribution in [0.2, 0.25) is 6.04 Å². The van der Waals surface area contributed by atoms with Crippen molar-refractivity contribution in [3.63, 3.8) is 0 Å². The third kappa shape index (κ3) is 2.65. The Kier molecular flexibility index (Phi) is 4.27. The topological polar surface area (TPSA) is 30.9 Å². The normalized spacial score (nSPS) is 18.7. The molecule has 0 fully saturated rings. The fraction of sp³-hybridized carbons (Fsp3) is 0.778. The lowest BCUT2D eigenvalue weighted by molar-refractivity contribution is 0.126. The summed E-state index contributed by atoms with van der Waals surface area (Å²) in [5.41, 5.74) is 1.35. The molecule has 0 spiro atoms. The molecule has 5 heteroatoms. The van der Waals surface area contributed by atoms with Crippen molar-refractivity contribution in [3.8, 4) is 0 Å². The summed E-state index contributed by atoms with van der Waals surface area (Å²) in [6.07, 6.45) is 2.22. The smallest absolute Gasteiger partial charge is 0.377 e. The molecule has 14 heavy (non-hydrogen) atoms. The molecule has 1 aliphatic rings. The summed E-state index contributed by atoms with van der Waals surface area (Å²) in [7, 11) is 4.64. The Balaban J connectivity index is 2.56. The van der Waals surface area contributed by atoms with Crippen molar-refractivity contribution in [3.05, 3.63) is 11.6 Å². The summed E-state index contributed by atoms with van der Waals surface area (Å²) in [5.74, 6) is 0. The van der Waals surface area contributed by atoms with E-state index in [1.165, 1.54) is 5.57 Å². The fourth-order valence-corrected chi connectivity index (χ4v) is 3.38. The maximum absolute atomic E-state index is 5.37. The monoisotopic (exact) mass is 217 g/mol. The Morgan fingerprint density at radius 1 is 1.29 bits per heavy atom. The van der Waals surface area contributed by atoms with Crippen LogP contribution >= 0.6 is 0 Å². The van der Waals surface area contributed by atoms with Crippen LogP contribution in [-0.2, 0) is 13.3 Å². The van der Waals surface area contributed by atoms with Crippen molar-refractivity contribution in [1.82, 2.24) is 4.90 Å². The average molecular weight is 217 g/mol. The summed E-state index contributed by atoms with van der Waals surface area (Å²) in [4.78, 5) is 2.25. The summed E-state index contributed by atoms with van der Waals surface area (Å²) < 4.78 is 16.1. The van der Waals surface area contributed by atoms with Crippen molar-refractivity contribution in [2.75, 3.05) is 41.5 Å². The van der Waals surface area contributed by atoms with Crippen molar-refractivity contribution in [2.45, 2.75) is 6.04 Å². The molecule has 0 aliphatic carbocycles. The van der Waals surface area contributed by atoms with Crippen molar-refractivity contribution in [1.29, 1.82) is 0 Å². The van der Waals surface area contributed by atoms with E-state index in [0.717, 1.165) is 19.1 Å². The van der Waals surface area contributed by atoms with Gasteiger partial charge in [-0.1, -0.05) is 11.6 Å². The molecule has 0 amide bonds. The predicted molar refractivity (Wildman–Crippen MR) is 57.2 cm³/mol. The first kappa shape index (κ1) is 11.9. The Morgan fingerprint density at radius 3 is 2.21 bits per heavy atom. The molecule has 4 nitrogen and oxygen atoms in total. The predicted octanol–water partition coefficient (Wildman–Crippen LogP) is 0.736. The van der Waals surface area contributed by atoms with Crippen LogP contribution < -0.4 is 0 Å². The molecule has 1 heterocycles. The number of nitrogens with zero attached hydrogens (tertiary/aromatic N) is 1. The molecular weight excluding hydrogens is 198 g/mol. The van der Waals surface area contributed by atoms with E-state index in [2.05, 4.69) is 18.0 Å². The Morgan fingerprint density at radius 2 is 1.86 bits per heavy atom. The van der Waals surface area contributed by atoms with Gasteiger partial charge >= 0.3 is 8.80 Å². The second-order valence-corrected chi connectivity index (χ2v) is 6.48. The van der Waals surface area contributed by atoms with Crippen LogP contribution in [0.15, 0.2) is 11.6 Å². The minimum atomic E-state index is -2.41. The summed E-state index contributed by atoms with van der Waals surface area (Å²) in [5, 5.41) is 0. The molecule has 0 unspecified atom stereocenters. The molecule has 0 N–H and O–H groups in total. The lowest BCUT2D eigenvalue weighted by Crippen LogP contribution is -2.43. The zero-order valence-corrected chi connectivity index (χ0v) is 10.4. The van der Waals surface area contributed by atoms with Crippen LogP contribution in [-0.4, -0.2) is 55.2 Å². The standard InChI is InChI=1S/C9H19NO3Si/c1-10-6-5-9(7-10)8-14(11-2,12-3)13-4/h5H,6-8H2,1-4H3. The van der Waals surface area contributed by atoms with Gasteiger partial charge in [-0.2, -0.15) is 0 Å². The molecule has 0 radical (unpaired) electrons. The van der Waals surface area contributed by atoms with Gasteiger partial charge in [0.05, 0.1) is 0 Å². The van der Waals surface area contributed by atoms with Crippen LogP contribution in [0, 0.1) is 0 Å². The van der Waals surface area contributed by atoms with E-state index in [4.69, 9.17) is 13.3 Å². The molecule has 1 aliphatic heterocycles. The molecule has 82 valence electrons. The third-order valence-corrected chi connectivity index (χ3v) is 5.29. The van der Waals surface area contributed by atoms with E-state index >= 15 is 0 Å². The molecule has 0 aromatic rings. The maximum Gasteiger partial charge on any atom is 0.504 e. The van der Waals surface area contributed by atoms with Gasteiger partial charge in [0, 0.05) is 40.5 Å². The second-order valence-electron chi connectivity index (χ2n) is 3.53. The zero-order valence-electron chi connectivity index (χ0n) is 9.37. The number of hydrogen-bond acceptors (Lipinski definition) is 4. The van der Waals surface area contributed by atoms with Gasteiger partial charge in [-0.25, -0.2) is 0 Å². The number of likely N-dealkylation sites (N-methyl/N-ethyl adjacent to an activating group) is 1. The third-order valence-electron chi connectivity index (χ3n) is 2.54. The molecule has 0 aromatic carbocycles. The van der Waals surface area contributed by atoms with E-state index in [-0.39, 0.29) is 0 Å². The highest BCUT2D eigenvalue weighted by atomic mass is 28.4. The molecular formula is C9H19NO3Si. The average Bonchev–Trinajstić information content (AvgIpc) is 2.61. The number of hydrogen-bond donors (Lipinski definition) is 0. The van der Waals surface area contributed by atoms with E-state index in [1.54, 1.807) is 21.3 Å². The Hall–Kier alpha value is -0.203. The van der Waals surface area contributed by atoms with Gasteiger partial charge in [-0.3, -0.25) is 4.90 Å². The van der Waals surface area contributed by atoms with Gasteiger partial charge in [0.15, 0.2) is 0 Å². The van der Waals surface area contributed by atoms with Crippen LogP contribution in [0.4, 0.5) is 0 Å². The second kappa shape index (κ2) is 5.04. The van der Waals surface area contributed by atoms with Gasteiger partial charge < -0.3 is 13.3 Å². The Labute approximate surface area is 86.8 Å². The van der Waals surface area contributed by atoms with Crippen LogP contribution in [0.5, 0.6) is 0 Å². The molecule has 0 bridgehead atoms. The minimum Gasteiger partial charge on any atom is -0.377 e. The molecule has 0 atom stereocenters. The largest absolute Gasteiger partial charge is 0.504 e. The highest BCUT2D eigenvalue weighted by Gasteiger charge is 2.39. The van der Waals surface area contributed by atoms with Crippen LogP contribution in [0.1, 0.15) is 0 Å². The highest BCUT2D eigenvalue weighted by molar-refractivity contribution is 6.61. The number of rotatable bonds is 5. The van der Waals surface area contributed by atoms with Gasteiger partial charge in [-0.15, -0.1) is 0 Å². The van der Waals surface area contributed by atoms with E-state index in [9.17, 15) is 0 Å². The lowest BCUT2D eigenvalue weighted by Gasteiger charge is -2.25. The highest BCUT2D eigenvalue weighted by Crippen LogP contribution is 2.22. The molecule has 0 aromatic heterocycles. The lowest BCUT2D eigenvalue weighted by atomic mass is 10.3.